The van der Waals surface area contributed by atoms with Gasteiger partial charge in [0.15, 0.2) is 5.13 Å². The Morgan fingerprint density at radius 2 is 2.27 bits per heavy atom. The Bertz CT molecular complexity index is 486. The van der Waals surface area contributed by atoms with Crippen molar-refractivity contribution < 1.29 is 0 Å². The summed E-state index contributed by atoms with van der Waals surface area (Å²) in [6, 6.07) is 5.28. The van der Waals surface area contributed by atoms with Crippen molar-refractivity contribution in [2.75, 3.05) is 11.1 Å². The molecule has 0 aliphatic rings. The predicted octanol–water partition coefficient (Wildman–Crippen LogP) is 3.88. The van der Waals surface area contributed by atoms with Crippen LogP contribution in [0.5, 0.6) is 0 Å². The van der Waals surface area contributed by atoms with E-state index in [4.69, 9.17) is 17.3 Å². The van der Waals surface area contributed by atoms with Crippen LogP contribution in [-0.4, -0.2) is 4.98 Å². The zero-order valence-electron chi connectivity index (χ0n) is 7.50. The zero-order valence-corrected chi connectivity index (χ0v) is 10.7. The van der Waals surface area contributed by atoms with Gasteiger partial charge in [-0.05, 0) is 34.1 Å². The highest BCUT2D eigenvalue weighted by molar-refractivity contribution is 9.10. The molecule has 1 aromatic carbocycles. The molecule has 0 aliphatic heterocycles. The molecule has 0 bridgehead atoms. The Hall–Kier alpha value is -0.780. The SMILES string of the molecule is Nc1ccc(Cl)c(Nc2nc(Br)cs2)c1. The smallest absolute Gasteiger partial charge is 0.188 e. The molecule has 15 heavy (non-hydrogen) atoms. The van der Waals surface area contributed by atoms with Crippen LogP contribution in [0.2, 0.25) is 5.02 Å². The predicted molar refractivity (Wildman–Crippen MR) is 69.0 cm³/mol. The van der Waals surface area contributed by atoms with E-state index in [2.05, 4.69) is 26.2 Å². The minimum atomic E-state index is 0.621. The van der Waals surface area contributed by atoms with E-state index in [9.17, 15) is 0 Å². The Morgan fingerprint density at radius 1 is 1.47 bits per heavy atom. The lowest BCUT2D eigenvalue weighted by Crippen LogP contribution is -1.92. The maximum absolute atomic E-state index is 6.00. The van der Waals surface area contributed by atoms with Gasteiger partial charge in [0, 0.05) is 11.1 Å². The third kappa shape index (κ3) is 2.62. The molecule has 0 aliphatic carbocycles. The first kappa shape index (κ1) is 10.7. The third-order valence-corrected chi connectivity index (χ3v) is 3.50. The van der Waals surface area contributed by atoms with Gasteiger partial charge >= 0.3 is 0 Å². The summed E-state index contributed by atoms with van der Waals surface area (Å²) in [7, 11) is 0. The molecular weight excluding hydrogens is 298 g/mol. The van der Waals surface area contributed by atoms with Gasteiger partial charge in [0.05, 0.1) is 10.7 Å². The van der Waals surface area contributed by atoms with Gasteiger partial charge < -0.3 is 11.1 Å². The largest absolute Gasteiger partial charge is 0.399 e. The molecule has 1 heterocycles. The van der Waals surface area contributed by atoms with Crippen molar-refractivity contribution >= 4 is 55.4 Å². The quantitative estimate of drug-likeness (QED) is 0.828. The first-order chi connectivity index (χ1) is 7.15. The molecular formula is C9H7BrClN3S. The standard InChI is InChI=1S/C9H7BrClN3S/c10-8-4-15-9(14-8)13-7-3-5(12)1-2-6(7)11/h1-4H,12H2,(H,13,14). The molecule has 0 spiro atoms. The summed E-state index contributed by atoms with van der Waals surface area (Å²) in [4.78, 5) is 4.20. The van der Waals surface area contributed by atoms with Gasteiger partial charge in [0.25, 0.3) is 0 Å². The molecule has 0 atom stereocenters. The van der Waals surface area contributed by atoms with Gasteiger partial charge in [0.1, 0.15) is 4.60 Å². The maximum Gasteiger partial charge on any atom is 0.188 e. The van der Waals surface area contributed by atoms with Crippen molar-refractivity contribution in [3.05, 3.63) is 33.2 Å². The minimum absolute atomic E-state index is 0.621. The molecule has 3 N–H and O–H groups in total. The highest BCUT2D eigenvalue weighted by Gasteiger charge is 2.04. The van der Waals surface area contributed by atoms with Crippen LogP contribution in [-0.2, 0) is 0 Å². The number of benzene rings is 1. The van der Waals surface area contributed by atoms with Gasteiger partial charge in [-0.15, -0.1) is 11.3 Å². The number of nitrogens with two attached hydrogens (primary N) is 1. The summed E-state index contributed by atoms with van der Waals surface area (Å²) >= 11 is 10.8. The minimum Gasteiger partial charge on any atom is -0.399 e. The van der Waals surface area contributed by atoms with E-state index in [1.807, 2.05) is 5.38 Å². The second-order valence-electron chi connectivity index (χ2n) is 2.84. The Morgan fingerprint density at radius 3 is 2.93 bits per heavy atom. The summed E-state index contributed by atoms with van der Waals surface area (Å²) < 4.78 is 0.801. The lowest BCUT2D eigenvalue weighted by atomic mass is 10.3. The van der Waals surface area contributed by atoms with E-state index in [-0.39, 0.29) is 0 Å². The summed E-state index contributed by atoms with van der Waals surface area (Å²) in [6.07, 6.45) is 0. The number of nitrogen functional groups attached to an aromatic ring is 1. The monoisotopic (exact) mass is 303 g/mol. The molecule has 0 radical (unpaired) electrons. The van der Waals surface area contributed by atoms with Crippen LogP contribution < -0.4 is 11.1 Å². The van der Waals surface area contributed by atoms with Gasteiger partial charge in [0.2, 0.25) is 0 Å². The van der Waals surface area contributed by atoms with Crippen LogP contribution in [0.4, 0.5) is 16.5 Å². The average molecular weight is 305 g/mol. The van der Waals surface area contributed by atoms with E-state index in [1.54, 1.807) is 18.2 Å². The second kappa shape index (κ2) is 4.38. The van der Waals surface area contributed by atoms with Crippen LogP contribution in [0.25, 0.3) is 0 Å². The van der Waals surface area contributed by atoms with Gasteiger partial charge in [-0.3, -0.25) is 0 Å². The normalized spacial score (nSPS) is 10.3. The number of hydrogen-bond donors (Lipinski definition) is 2. The highest BCUT2D eigenvalue weighted by Crippen LogP contribution is 2.29. The lowest BCUT2D eigenvalue weighted by molar-refractivity contribution is 1.35. The molecule has 0 amide bonds. The number of aromatic nitrogens is 1. The van der Waals surface area contributed by atoms with Gasteiger partial charge in [-0.25, -0.2) is 4.98 Å². The fraction of sp³-hybridized carbons (Fsp3) is 0. The molecule has 0 saturated carbocycles. The average Bonchev–Trinajstić information content (AvgIpc) is 2.58. The van der Waals surface area contributed by atoms with Crippen LogP contribution >= 0.6 is 38.9 Å². The van der Waals surface area contributed by atoms with Crippen molar-refractivity contribution in [1.82, 2.24) is 4.98 Å². The van der Waals surface area contributed by atoms with E-state index < -0.39 is 0 Å². The van der Waals surface area contributed by atoms with E-state index in [0.717, 1.165) is 15.4 Å². The molecule has 0 fully saturated rings. The van der Waals surface area contributed by atoms with Crippen LogP contribution in [0.1, 0.15) is 0 Å². The topological polar surface area (TPSA) is 50.9 Å². The summed E-state index contributed by atoms with van der Waals surface area (Å²) in [5.41, 5.74) is 7.09. The Labute approximate surface area is 104 Å². The zero-order chi connectivity index (χ0) is 10.8. The number of rotatable bonds is 2. The second-order valence-corrected chi connectivity index (χ2v) is 4.92. The van der Waals surface area contributed by atoms with E-state index >= 15 is 0 Å². The first-order valence-corrected chi connectivity index (χ1v) is 6.13. The van der Waals surface area contributed by atoms with Crippen molar-refractivity contribution in [2.45, 2.75) is 0 Å². The molecule has 1 aromatic heterocycles. The van der Waals surface area contributed by atoms with Crippen molar-refractivity contribution in [3.63, 3.8) is 0 Å². The number of anilines is 3. The first-order valence-electron chi connectivity index (χ1n) is 4.08. The maximum atomic E-state index is 6.00. The summed E-state index contributed by atoms with van der Waals surface area (Å²) in [5.74, 6) is 0. The van der Waals surface area contributed by atoms with E-state index in [0.29, 0.717) is 10.7 Å². The number of thiazole rings is 1. The van der Waals surface area contributed by atoms with Crippen molar-refractivity contribution in [1.29, 1.82) is 0 Å². The van der Waals surface area contributed by atoms with Gasteiger partial charge in [-0.1, -0.05) is 11.6 Å². The van der Waals surface area contributed by atoms with Gasteiger partial charge in [-0.2, -0.15) is 0 Å². The van der Waals surface area contributed by atoms with Crippen molar-refractivity contribution in [2.24, 2.45) is 0 Å². The number of halogens is 2. The number of nitrogens with one attached hydrogen (secondary N) is 1. The molecule has 0 saturated heterocycles. The fourth-order valence-electron chi connectivity index (χ4n) is 1.07. The lowest BCUT2D eigenvalue weighted by Gasteiger charge is -2.05. The Balaban J connectivity index is 2.27. The molecule has 6 heteroatoms. The third-order valence-electron chi connectivity index (χ3n) is 1.71. The van der Waals surface area contributed by atoms with Crippen LogP contribution in [0.3, 0.4) is 0 Å². The molecule has 0 unspecified atom stereocenters. The molecule has 2 rings (SSSR count). The van der Waals surface area contributed by atoms with E-state index in [1.165, 1.54) is 11.3 Å². The summed E-state index contributed by atoms with van der Waals surface area (Å²) in [5, 5.41) is 6.38. The van der Waals surface area contributed by atoms with Crippen LogP contribution in [0.15, 0.2) is 28.2 Å². The highest BCUT2D eigenvalue weighted by atomic mass is 79.9. The van der Waals surface area contributed by atoms with Crippen molar-refractivity contribution in [3.8, 4) is 0 Å². The summed E-state index contributed by atoms with van der Waals surface area (Å²) in [6.45, 7) is 0. The molecule has 2 aromatic rings. The number of nitrogens with zero attached hydrogens (tertiary/aromatic N) is 1. The van der Waals surface area contributed by atoms with Crippen LogP contribution in [0, 0.1) is 0 Å². The number of hydrogen-bond acceptors (Lipinski definition) is 4. The fourth-order valence-corrected chi connectivity index (χ4v) is 2.39. The Kier molecular flexibility index (Phi) is 3.14. The molecule has 78 valence electrons. The molecule has 3 nitrogen and oxygen atoms in total.